The zero-order chi connectivity index (χ0) is 11.5. The van der Waals surface area contributed by atoms with Gasteiger partial charge in [0.25, 0.3) is 5.56 Å². The minimum atomic E-state index is -0.136. The summed E-state index contributed by atoms with van der Waals surface area (Å²) in [7, 11) is 1.86. The molecule has 1 aromatic heterocycles. The lowest BCUT2D eigenvalue weighted by Crippen LogP contribution is -2.27. The van der Waals surface area contributed by atoms with Crippen LogP contribution < -0.4 is 15.6 Å². The molecule has 1 aromatic rings. The number of ether oxygens (including phenoxy) is 1. The highest BCUT2D eigenvalue weighted by atomic mass is 16.5. The number of aromatic amines is 1. The van der Waals surface area contributed by atoms with E-state index in [-0.39, 0.29) is 11.7 Å². The summed E-state index contributed by atoms with van der Waals surface area (Å²) in [5, 5.41) is 3.01. The first-order valence-corrected chi connectivity index (χ1v) is 5.61. The van der Waals surface area contributed by atoms with Crippen LogP contribution in [0.1, 0.15) is 31.5 Å². The minimum Gasteiger partial charge on any atom is -0.473 e. The molecule has 16 heavy (non-hydrogen) atoms. The highest BCUT2D eigenvalue weighted by molar-refractivity contribution is 5.14. The molecule has 0 aliphatic heterocycles. The van der Waals surface area contributed by atoms with Crippen molar-refractivity contribution in [3.63, 3.8) is 0 Å². The van der Waals surface area contributed by atoms with Crippen LogP contribution in [0.2, 0.25) is 0 Å². The molecule has 0 spiro atoms. The van der Waals surface area contributed by atoms with Crippen molar-refractivity contribution in [2.45, 2.75) is 31.8 Å². The highest BCUT2D eigenvalue weighted by Gasteiger charge is 2.26. The van der Waals surface area contributed by atoms with Gasteiger partial charge in [-0.05, 0) is 26.8 Å². The Hall–Kier alpha value is -1.36. The molecule has 5 nitrogen and oxygen atoms in total. The van der Waals surface area contributed by atoms with Crippen molar-refractivity contribution in [1.82, 2.24) is 15.3 Å². The highest BCUT2D eigenvalue weighted by Crippen LogP contribution is 2.37. The summed E-state index contributed by atoms with van der Waals surface area (Å²) in [4.78, 5) is 18.5. The summed E-state index contributed by atoms with van der Waals surface area (Å²) in [6.07, 6.45) is 2.23. The zero-order valence-electron chi connectivity index (χ0n) is 9.62. The quantitative estimate of drug-likeness (QED) is 0.768. The molecule has 1 aliphatic rings. The molecule has 0 aromatic carbocycles. The smallest absolute Gasteiger partial charge is 0.254 e. The van der Waals surface area contributed by atoms with Crippen LogP contribution in [-0.2, 0) is 0 Å². The van der Waals surface area contributed by atoms with E-state index in [0.29, 0.717) is 11.8 Å². The van der Waals surface area contributed by atoms with E-state index in [4.69, 9.17) is 4.74 Å². The van der Waals surface area contributed by atoms with Gasteiger partial charge in [-0.15, -0.1) is 0 Å². The molecule has 0 saturated heterocycles. The topological polar surface area (TPSA) is 67.0 Å². The summed E-state index contributed by atoms with van der Waals surface area (Å²) < 4.78 is 5.56. The van der Waals surface area contributed by atoms with Crippen molar-refractivity contribution in [1.29, 1.82) is 0 Å². The van der Waals surface area contributed by atoms with E-state index in [1.807, 2.05) is 14.0 Å². The lowest BCUT2D eigenvalue weighted by Gasteiger charge is -2.13. The lowest BCUT2D eigenvalue weighted by molar-refractivity contribution is 0.210. The van der Waals surface area contributed by atoms with E-state index in [1.54, 1.807) is 0 Å². The number of hydrogen-bond donors (Lipinski definition) is 2. The number of nitrogens with zero attached hydrogens (tertiary/aromatic N) is 1. The zero-order valence-corrected chi connectivity index (χ0v) is 9.62. The Morgan fingerprint density at radius 2 is 2.44 bits per heavy atom. The lowest BCUT2D eigenvalue weighted by atomic mass is 10.4. The number of hydrogen-bond acceptors (Lipinski definition) is 4. The number of nitrogens with one attached hydrogen (secondary N) is 2. The Kier molecular flexibility index (Phi) is 3.24. The fourth-order valence-electron chi connectivity index (χ4n) is 1.60. The molecular formula is C11H17N3O2. The summed E-state index contributed by atoms with van der Waals surface area (Å²) in [5.74, 6) is 1.61. The van der Waals surface area contributed by atoms with Crippen molar-refractivity contribution in [2.75, 3.05) is 13.6 Å². The van der Waals surface area contributed by atoms with Crippen LogP contribution in [0.4, 0.5) is 0 Å². The Bertz CT molecular complexity index is 412. The molecule has 5 heteroatoms. The average Bonchev–Trinajstić information content (AvgIpc) is 2.99. The molecule has 1 aliphatic carbocycles. The number of rotatable bonds is 5. The third-order valence-electron chi connectivity index (χ3n) is 2.51. The summed E-state index contributed by atoms with van der Waals surface area (Å²) in [6.45, 7) is 2.67. The van der Waals surface area contributed by atoms with Crippen LogP contribution in [0.5, 0.6) is 5.88 Å². The molecule has 1 saturated carbocycles. The summed E-state index contributed by atoms with van der Waals surface area (Å²) in [6, 6.07) is 1.40. The van der Waals surface area contributed by atoms with Gasteiger partial charge in [0, 0.05) is 12.5 Å². The monoisotopic (exact) mass is 223 g/mol. The largest absolute Gasteiger partial charge is 0.473 e. The van der Waals surface area contributed by atoms with Crippen LogP contribution in [-0.4, -0.2) is 29.7 Å². The summed E-state index contributed by atoms with van der Waals surface area (Å²) in [5.41, 5.74) is -0.136. The Labute approximate surface area is 94.2 Å². The molecular weight excluding hydrogens is 206 g/mol. The van der Waals surface area contributed by atoms with Crippen molar-refractivity contribution in [3.8, 4) is 5.88 Å². The Balaban J connectivity index is 2.10. The van der Waals surface area contributed by atoms with E-state index < -0.39 is 0 Å². The van der Waals surface area contributed by atoms with Crippen molar-refractivity contribution >= 4 is 0 Å². The first-order chi connectivity index (χ1) is 7.69. The molecule has 88 valence electrons. The van der Waals surface area contributed by atoms with Gasteiger partial charge in [0.15, 0.2) is 0 Å². The van der Waals surface area contributed by atoms with Gasteiger partial charge < -0.3 is 15.0 Å². The van der Waals surface area contributed by atoms with Crippen molar-refractivity contribution in [3.05, 3.63) is 22.2 Å². The van der Waals surface area contributed by atoms with E-state index in [9.17, 15) is 4.79 Å². The molecule has 1 unspecified atom stereocenters. The predicted molar refractivity (Wildman–Crippen MR) is 60.8 cm³/mol. The molecule has 1 atom stereocenters. The number of H-pyrrole nitrogens is 1. The van der Waals surface area contributed by atoms with Crippen molar-refractivity contribution < 1.29 is 4.74 Å². The van der Waals surface area contributed by atoms with E-state index >= 15 is 0 Å². The summed E-state index contributed by atoms with van der Waals surface area (Å²) >= 11 is 0. The Morgan fingerprint density at radius 1 is 1.69 bits per heavy atom. The van der Waals surface area contributed by atoms with E-state index in [2.05, 4.69) is 15.3 Å². The first-order valence-electron chi connectivity index (χ1n) is 5.61. The number of likely N-dealkylation sites (N-methyl/N-ethyl adjacent to an activating group) is 1. The van der Waals surface area contributed by atoms with Crippen LogP contribution >= 0.6 is 0 Å². The van der Waals surface area contributed by atoms with Gasteiger partial charge in [-0.2, -0.15) is 4.98 Å². The standard InChI is InChI=1S/C11H17N3O2/c1-7(6-12-2)16-10-5-9(15)13-11(14-10)8-3-4-8/h5,7-8,12H,3-4,6H2,1-2H3,(H,13,14,15). The maximum absolute atomic E-state index is 11.4. The van der Waals surface area contributed by atoms with E-state index in [1.165, 1.54) is 6.07 Å². The normalized spacial score (nSPS) is 17.1. The van der Waals surface area contributed by atoms with Crippen molar-refractivity contribution in [2.24, 2.45) is 0 Å². The molecule has 1 fully saturated rings. The fourth-order valence-corrected chi connectivity index (χ4v) is 1.60. The van der Waals surface area contributed by atoms with E-state index in [0.717, 1.165) is 25.2 Å². The second-order valence-electron chi connectivity index (χ2n) is 4.23. The third kappa shape index (κ3) is 2.82. The average molecular weight is 223 g/mol. The third-order valence-corrected chi connectivity index (χ3v) is 2.51. The van der Waals surface area contributed by atoms with Gasteiger partial charge in [0.1, 0.15) is 11.9 Å². The maximum atomic E-state index is 11.4. The second-order valence-corrected chi connectivity index (χ2v) is 4.23. The van der Waals surface area contributed by atoms with Gasteiger partial charge >= 0.3 is 0 Å². The van der Waals surface area contributed by atoms with Crippen LogP contribution in [0.25, 0.3) is 0 Å². The van der Waals surface area contributed by atoms with Crippen LogP contribution in [0.3, 0.4) is 0 Å². The van der Waals surface area contributed by atoms with Crippen LogP contribution in [0, 0.1) is 0 Å². The SMILES string of the molecule is CNCC(C)Oc1cc(=O)[nH]c(C2CC2)n1. The molecule has 0 radical (unpaired) electrons. The predicted octanol–water partition coefficient (Wildman–Crippen LogP) is 0.634. The molecule has 2 N–H and O–H groups in total. The molecule has 0 amide bonds. The van der Waals surface area contributed by atoms with Gasteiger partial charge in [-0.25, -0.2) is 0 Å². The molecule has 2 rings (SSSR count). The second kappa shape index (κ2) is 4.65. The molecule has 0 bridgehead atoms. The number of aromatic nitrogens is 2. The maximum Gasteiger partial charge on any atom is 0.254 e. The fraction of sp³-hybridized carbons (Fsp3) is 0.636. The first kappa shape index (κ1) is 11.1. The molecule has 1 heterocycles. The Morgan fingerprint density at radius 3 is 3.06 bits per heavy atom. The van der Waals surface area contributed by atoms with Gasteiger partial charge in [0.2, 0.25) is 5.88 Å². The van der Waals surface area contributed by atoms with Gasteiger partial charge in [-0.3, -0.25) is 4.79 Å². The van der Waals surface area contributed by atoms with Gasteiger partial charge in [-0.1, -0.05) is 0 Å². The minimum absolute atomic E-state index is 0.00588. The van der Waals surface area contributed by atoms with Crippen LogP contribution in [0.15, 0.2) is 10.9 Å². The van der Waals surface area contributed by atoms with Gasteiger partial charge in [0.05, 0.1) is 6.07 Å².